The molecule has 2 aromatic rings. The Balaban J connectivity index is 2.21. The maximum atomic E-state index is 13.4. The molecule has 0 spiro atoms. The van der Waals surface area contributed by atoms with Gasteiger partial charge in [0.05, 0.1) is 4.47 Å². The minimum Gasteiger partial charge on any atom is -0.483 e. The van der Waals surface area contributed by atoms with Crippen molar-refractivity contribution < 1.29 is 18.7 Å². The average Bonchev–Trinajstić information content (AvgIpc) is 2.77. The highest BCUT2D eigenvalue weighted by Crippen LogP contribution is 2.31. The summed E-state index contributed by atoms with van der Waals surface area (Å²) >= 11 is 3.53. The van der Waals surface area contributed by atoms with Gasteiger partial charge in [0, 0.05) is 13.1 Å². The van der Waals surface area contributed by atoms with E-state index in [2.05, 4.69) is 42.0 Å². The first kappa shape index (κ1) is 26.8. The van der Waals surface area contributed by atoms with Gasteiger partial charge in [-0.3, -0.25) is 9.59 Å². The van der Waals surface area contributed by atoms with Crippen LogP contribution in [0.5, 0.6) is 5.75 Å². The number of hydrogen-bond donors (Lipinski definition) is 1. The van der Waals surface area contributed by atoms with Crippen molar-refractivity contribution in [3.8, 4) is 5.75 Å². The average molecular weight is 521 g/mol. The van der Waals surface area contributed by atoms with Crippen molar-refractivity contribution in [2.45, 2.75) is 65.5 Å². The van der Waals surface area contributed by atoms with Gasteiger partial charge in [0.25, 0.3) is 5.91 Å². The summed E-state index contributed by atoms with van der Waals surface area (Å²) in [5.74, 6) is -0.312. The van der Waals surface area contributed by atoms with Gasteiger partial charge in [-0.15, -0.1) is 0 Å². The summed E-state index contributed by atoms with van der Waals surface area (Å²) in [5.41, 5.74) is 1.87. The fraction of sp³-hybridized carbons (Fsp3) is 0.462. The molecule has 0 aromatic heterocycles. The second kappa shape index (κ2) is 12.2. The van der Waals surface area contributed by atoms with Crippen LogP contribution in [-0.2, 0) is 21.5 Å². The summed E-state index contributed by atoms with van der Waals surface area (Å²) in [5, 5.41) is 2.88. The molecule has 0 aliphatic carbocycles. The first-order valence-electron chi connectivity index (χ1n) is 11.3. The number of nitrogens with zero attached hydrogens (tertiary/aromatic N) is 1. The monoisotopic (exact) mass is 520 g/mol. The molecule has 180 valence electrons. The summed E-state index contributed by atoms with van der Waals surface area (Å²) in [6, 6.07) is 11.1. The summed E-state index contributed by atoms with van der Waals surface area (Å²) < 4.78 is 19.9. The molecule has 0 aliphatic heterocycles. The molecule has 2 rings (SSSR count). The Morgan fingerprint density at radius 1 is 1.12 bits per heavy atom. The number of rotatable bonds is 10. The predicted octanol–water partition coefficient (Wildman–Crippen LogP) is 5.60. The van der Waals surface area contributed by atoms with E-state index in [1.54, 1.807) is 12.1 Å². The van der Waals surface area contributed by atoms with Crippen LogP contribution in [0.15, 0.2) is 46.9 Å². The molecule has 0 saturated heterocycles. The third-order valence-electron chi connectivity index (χ3n) is 5.35. The molecule has 2 amide bonds. The van der Waals surface area contributed by atoms with Gasteiger partial charge in [-0.25, -0.2) is 4.39 Å². The maximum Gasteiger partial charge on any atom is 0.261 e. The Morgan fingerprint density at radius 3 is 2.33 bits per heavy atom. The van der Waals surface area contributed by atoms with Gasteiger partial charge in [0.1, 0.15) is 17.6 Å². The number of amides is 2. The van der Waals surface area contributed by atoms with Crippen LogP contribution >= 0.6 is 15.9 Å². The molecule has 0 fully saturated rings. The van der Waals surface area contributed by atoms with Crippen molar-refractivity contribution in [2.24, 2.45) is 0 Å². The van der Waals surface area contributed by atoms with E-state index in [-0.39, 0.29) is 36.2 Å². The number of halogens is 2. The molecule has 0 radical (unpaired) electrons. The van der Waals surface area contributed by atoms with Crippen LogP contribution in [0.25, 0.3) is 0 Å². The lowest BCUT2D eigenvalue weighted by Gasteiger charge is -2.30. The van der Waals surface area contributed by atoms with E-state index in [4.69, 9.17) is 4.74 Å². The molecule has 5 nitrogen and oxygen atoms in total. The Hall–Kier alpha value is -2.41. The number of hydrogen-bond acceptors (Lipinski definition) is 3. The summed E-state index contributed by atoms with van der Waals surface area (Å²) in [6.07, 6.45) is 1.25. The molecular weight excluding hydrogens is 487 g/mol. The lowest BCUT2D eigenvalue weighted by Crippen LogP contribution is -2.50. The Labute approximate surface area is 204 Å². The first-order chi connectivity index (χ1) is 15.6. The number of carbonyl (C=O) groups excluding carboxylic acids is 2. The smallest absolute Gasteiger partial charge is 0.261 e. The third kappa shape index (κ3) is 7.84. The molecular formula is C26H34BrFN2O3. The van der Waals surface area contributed by atoms with E-state index >= 15 is 0 Å². The third-order valence-corrected chi connectivity index (χ3v) is 5.97. The van der Waals surface area contributed by atoms with Crippen LogP contribution in [0.2, 0.25) is 0 Å². The van der Waals surface area contributed by atoms with Gasteiger partial charge in [-0.1, -0.05) is 52.8 Å². The van der Waals surface area contributed by atoms with Gasteiger partial charge in [-0.05, 0) is 69.6 Å². The topological polar surface area (TPSA) is 58.6 Å². The fourth-order valence-electron chi connectivity index (χ4n) is 3.38. The number of benzene rings is 2. The summed E-state index contributed by atoms with van der Waals surface area (Å²) in [4.78, 5) is 27.5. The molecule has 0 bridgehead atoms. The zero-order valence-corrected chi connectivity index (χ0v) is 21.7. The molecule has 1 atom stereocenters. The fourth-order valence-corrected chi connectivity index (χ4v) is 3.87. The Bertz CT molecular complexity index is 942. The second-order valence-electron chi connectivity index (χ2n) is 9.05. The molecule has 33 heavy (non-hydrogen) atoms. The number of carbonyl (C=O) groups is 2. The van der Waals surface area contributed by atoms with Crippen molar-refractivity contribution in [1.29, 1.82) is 0 Å². The van der Waals surface area contributed by atoms with Crippen molar-refractivity contribution in [2.75, 3.05) is 13.2 Å². The van der Waals surface area contributed by atoms with Crippen molar-refractivity contribution in [3.05, 3.63) is 63.9 Å². The molecule has 1 N–H and O–H groups in total. The quantitative estimate of drug-likeness (QED) is 0.443. The summed E-state index contributed by atoms with van der Waals surface area (Å²) in [7, 11) is 0. The van der Waals surface area contributed by atoms with E-state index in [9.17, 15) is 14.0 Å². The second-order valence-corrected chi connectivity index (χ2v) is 9.90. The van der Waals surface area contributed by atoms with Crippen LogP contribution in [0.3, 0.4) is 0 Å². The highest BCUT2D eigenvalue weighted by atomic mass is 79.9. The molecule has 0 unspecified atom stereocenters. The standard InChI is InChI=1S/C26H34BrFN2O3/c1-6-14-29-25(32)22(7-2)30(16-18-8-11-20(28)12-9-18)24(31)17-33-23-13-10-19(15-21(23)27)26(3,4)5/h8-13,15,22H,6-7,14,16-17H2,1-5H3,(H,29,32)/t22-/m1/s1. The maximum absolute atomic E-state index is 13.4. The molecule has 0 saturated carbocycles. The van der Waals surface area contributed by atoms with E-state index in [1.807, 2.05) is 32.0 Å². The highest BCUT2D eigenvalue weighted by Gasteiger charge is 2.29. The lowest BCUT2D eigenvalue weighted by molar-refractivity contribution is -0.143. The van der Waals surface area contributed by atoms with Gasteiger partial charge in [0.15, 0.2) is 6.61 Å². The minimum atomic E-state index is -0.649. The minimum absolute atomic E-state index is 0.0109. The van der Waals surface area contributed by atoms with E-state index in [0.29, 0.717) is 18.7 Å². The zero-order chi connectivity index (χ0) is 24.6. The SMILES string of the molecule is CCCNC(=O)[C@@H](CC)N(Cc1ccc(F)cc1)C(=O)COc1ccc(C(C)(C)C)cc1Br. The molecule has 0 heterocycles. The van der Waals surface area contributed by atoms with Gasteiger partial charge >= 0.3 is 0 Å². The Kier molecular flexibility index (Phi) is 9.89. The molecule has 2 aromatic carbocycles. The normalized spacial score (nSPS) is 12.2. The van der Waals surface area contributed by atoms with Crippen molar-refractivity contribution in [1.82, 2.24) is 10.2 Å². The van der Waals surface area contributed by atoms with Crippen molar-refractivity contribution in [3.63, 3.8) is 0 Å². The van der Waals surface area contributed by atoms with E-state index < -0.39 is 6.04 Å². The predicted molar refractivity (Wildman–Crippen MR) is 133 cm³/mol. The van der Waals surface area contributed by atoms with Crippen LogP contribution < -0.4 is 10.1 Å². The number of nitrogens with one attached hydrogen (secondary N) is 1. The molecule has 0 aliphatic rings. The first-order valence-corrected chi connectivity index (χ1v) is 12.1. The van der Waals surface area contributed by atoms with Crippen LogP contribution in [0.4, 0.5) is 4.39 Å². The largest absolute Gasteiger partial charge is 0.483 e. The Morgan fingerprint density at radius 2 is 1.79 bits per heavy atom. The molecule has 7 heteroatoms. The highest BCUT2D eigenvalue weighted by molar-refractivity contribution is 9.10. The van der Waals surface area contributed by atoms with Crippen LogP contribution in [-0.4, -0.2) is 35.9 Å². The number of ether oxygens (including phenoxy) is 1. The van der Waals surface area contributed by atoms with Gasteiger partial charge in [0.2, 0.25) is 5.91 Å². The van der Waals surface area contributed by atoms with Gasteiger partial charge in [-0.2, -0.15) is 0 Å². The van der Waals surface area contributed by atoms with Crippen LogP contribution in [0, 0.1) is 5.82 Å². The van der Waals surface area contributed by atoms with Crippen LogP contribution in [0.1, 0.15) is 58.6 Å². The summed E-state index contributed by atoms with van der Waals surface area (Å²) in [6.45, 7) is 10.7. The zero-order valence-electron chi connectivity index (χ0n) is 20.1. The lowest BCUT2D eigenvalue weighted by atomic mass is 9.87. The van der Waals surface area contributed by atoms with E-state index in [1.165, 1.54) is 17.0 Å². The van der Waals surface area contributed by atoms with Gasteiger partial charge < -0.3 is 15.0 Å². The van der Waals surface area contributed by atoms with Crippen molar-refractivity contribution >= 4 is 27.7 Å². The van der Waals surface area contributed by atoms with E-state index in [0.717, 1.165) is 22.0 Å².